The number of amides is 1. The summed E-state index contributed by atoms with van der Waals surface area (Å²) in [4.78, 5) is 22.8. The Kier molecular flexibility index (Phi) is 3.58. The van der Waals surface area contributed by atoms with Crippen LogP contribution < -0.4 is 11.3 Å². The minimum Gasteiger partial charge on any atom is -0.358 e. The van der Waals surface area contributed by atoms with Crippen molar-refractivity contribution in [3.8, 4) is 0 Å². The van der Waals surface area contributed by atoms with Gasteiger partial charge in [-0.1, -0.05) is 0 Å². The van der Waals surface area contributed by atoms with Gasteiger partial charge in [-0.05, 0) is 24.0 Å². The Morgan fingerprint density at radius 3 is 2.95 bits per heavy atom. The first-order valence-corrected chi connectivity index (χ1v) is 6.11. The van der Waals surface area contributed by atoms with E-state index in [1.165, 1.54) is 16.0 Å². The summed E-state index contributed by atoms with van der Waals surface area (Å²) >= 11 is 1.26. The second-order valence-electron chi connectivity index (χ2n) is 3.83. The van der Waals surface area contributed by atoms with E-state index in [1.807, 2.05) is 5.43 Å². The second-order valence-corrected chi connectivity index (χ2v) is 5.00. The molecule has 19 heavy (non-hydrogen) atoms. The quantitative estimate of drug-likeness (QED) is 0.372. The van der Waals surface area contributed by atoms with Crippen LogP contribution in [0.2, 0.25) is 0 Å². The van der Waals surface area contributed by atoms with E-state index in [1.54, 1.807) is 25.3 Å². The lowest BCUT2D eigenvalue weighted by molar-refractivity contribution is -0.390. The van der Waals surface area contributed by atoms with Crippen LogP contribution in [0.4, 0.5) is 5.82 Å². The molecule has 0 aliphatic heterocycles. The summed E-state index contributed by atoms with van der Waals surface area (Å²) in [5, 5.41) is 14.6. The molecule has 1 amide bonds. The van der Waals surface area contributed by atoms with Gasteiger partial charge in [0.05, 0.1) is 28.3 Å². The van der Waals surface area contributed by atoms with Gasteiger partial charge in [0.2, 0.25) is 0 Å². The van der Waals surface area contributed by atoms with Gasteiger partial charge in [-0.2, -0.15) is 4.68 Å². The number of carbonyl (C=O) groups excluding carboxylic acids is 1. The maximum atomic E-state index is 11.3. The van der Waals surface area contributed by atoms with Crippen LogP contribution in [-0.2, 0) is 6.54 Å². The number of aryl methyl sites for hydroxylation is 1. The van der Waals surface area contributed by atoms with E-state index in [4.69, 9.17) is 5.84 Å². The zero-order valence-electron chi connectivity index (χ0n) is 9.99. The Balaban J connectivity index is 2.17. The molecule has 100 valence electrons. The number of hydrogen-bond acceptors (Lipinski definition) is 6. The van der Waals surface area contributed by atoms with E-state index >= 15 is 0 Å². The largest absolute Gasteiger partial charge is 0.392 e. The molecule has 2 aromatic heterocycles. The second kappa shape index (κ2) is 5.16. The molecule has 0 aliphatic carbocycles. The van der Waals surface area contributed by atoms with Gasteiger partial charge in [0.1, 0.15) is 0 Å². The van der Waals surface area contributed by atoms with Gasteiger partial charge in [-0.15, -0.1) is 11.3 Å². The number of aromatic nitrogens is 2. The Morgan fingerprint density at radius 1 is 1.63 bits per heavy atom. The number of nitrogens with zero attached hydrogens (tertiary/aromatic N) is 3. The van der Waals surface area contributed by atoms with Crippen molar-refractivity contribution in [3.05, 3.63) is 43.8 Å². The first kappa shape index (κ1) is 13.2. The molecule has 9 heteroatoms. The van der Waals surface area contributed by atoms with E-state index in [0.29, 0.717) is 17.0 Å². The maximum Gasteiger partial charge on any atom is 0.392 e. The lowest BCUT2D eigenvalue weighted by atomic mass is 10.4. The number of hydrogen-bond donors (Lipinski definition) is 2. The molecule has 3 N–H and O–H groups in total. The number of hydrazine groups is 1. The van der Waals surface area contributed by atoms with Crippen molar-refractivity contribution >= 4 is 23.1 Å². The number of rotatable bonds is 4. The number of nitrogens with two attached hydrogens (primary N) is 1. The Hall–Kier alpha value is -2.26. The molecule has 2 rings (SSSR count). The highest BCUT2D eigenvalue weighted by molar-refractivity contribution is 7.14. The molecule has 0 spiro atoms. The molecular weight excluding hydrogens is 270 g/mol. The van der Waals surface area contributed by atoms with Gasteiger partial charge in [0.15, 0.2) is 0 Å². The normalized spacial score (nSPS) is 10.4. The number of carbonyl (C=O) groups is 1. The first-order chi connectivity index (χ1) is 9.01. The van der Waals surface area contributed by atoms with E-state index in [9.17, 15) is 14.9 Å². The SMILES string of the molecule is Cc1cn(Cc2ccc(C(=O)NN)s2)nc1[N+](=O)[O-]. The lowest BCUT2D eigenvalue weighted by Gasteiger charge is -1.94. The van der Waals surface area contributed by atoms with Crippen LogP contribution >= 0.6 is 11.3 Å². The molecule has 2 aromatic rings. The van der Waals surface area contributed by atoms with Crippen molar-refractivity contribution in [2.24, 2.45) is 5.84 Å². The van der Waals surface area contributed by atoms with Crippen molar-refractivity contribution < 1.29 is 9.72 Å². The van der Waals surface area contributed by atoms with Gasteiger partial charge < -0.3 is 10.1 Å². The highest BCUT2D eigenvalue weighted by Gasteiger charge is 2.17. The third kappa shape index (κ3) is 2.77. The number of nitrogen functional groups attached to an aromatic ring is 1. The van der Waals surface area contributed by atoms with Crippen LogP contribution in [0.15, 0.2) is 18.3 Å². The van der Waals surface area contributed by atoms with Gasteiger partial charge >= 0.3 is 5.82 Å². The van der Waals surface area contributed by atoms with Crippen LogP contribution in [0.5, 0.6) is 0 Å². The van der Waals surface area contributed by atoms with E-state index < -0.39 is 4.92 Å². The summed E-state index contributed by atoms with van der Waals surface area (Å²) in [7, 11) is 0. The molecule has 0 saturated carbocycles. The minimum absolute atomic E-state index is 0.156. The fraction of sp³-hybridized carbons (Fsp3) is 0.200. The third-order valence-corrected chi connectivity index (χ3v) is 3.49. The molecule has 0 atom stereocenters. The molecule has 0 saturated heterocycles. The zero-order valence-corrected chi connectivity index (χ0v) is 10.8. The summed E-state index contributed by atoms with van der Waals surface area (Å²) < 4.78 is 1.48. The van der Waals surface area contributed by atoms with Crippen molar-refractivity contribution in [1.82, 2.24) is 15.2 Å². The van der Waals surface area contributed by atoms with Gasteiger partial charge in [-0.25, -0.2) is 5.84 Å². The third-order valence-electron chi connectivity index (χ3n) is 2.43. The molecule has 2 heterocycles. The van der Waals surface area contributed by atoms with Crippen LogP contribution in [0, 0.1) is 17.0 Å². The predicted octanol–water partition coefficient (Wildman–Crippen LogP) is 0.813. The molecular formula is C10H11N5O3S. The highest BCUT2D eigenvalue weighted by atomic mass is 32.1. The van der Waals surface area contributed by atoms with E-state index in [-0.39, 0.29) is 11.7 Å². The fourth-order valence-electron chi connectivity index (χ4n) is 1.59. The van der Waals surface area contributed by atoms with Crippen molar-refractivity contribution in [2.45, 2.75) is 13.5 Å². The van der Waals surface area contributed by atoms with Gasteiger partial charge in [-0.3, -0.25) is 10.2 Å². The average Bonchev–Trinajstić information content (AvgIpc) is 2.95. The van der Waals surface area contributed by atoms with Gasteiger partial charge in [0.25, 0.3) is 5.91 Å². The summed E-state index contributed by atoms with van der Waals surface area (Å²) in [5.74, 6) is 4.52. The molecule has 0 radical (unpaired) electrons. The lowest BCUT2D eigenvalue weighted by Crippen LogP contribution is -2.29. The number of thiophene rings is 1. The first-order valence-electron chi connectivity index (χ1n) is 5.29. The summed E-state index contributed by atoms with van der Waals surface area (Å²) in [5.41, 5.74) is 2.55. The Bertz CT molecular complexity index is 633. The number of nitro groups is 1. The van der Waals surface area contributed by atoms with Crippen molar-refractivity contribution in [2.75, 3.05) is 0 Å². The van der Waals surface area contributed by atoms with Crippen molar-refractivity contribution in [3.63, 3.8) is 0 Å². The fourth-order valence-corrected chi connectivity index (χ4v) is 2.49. The predicted molar refractivity (Wildman–Crippen MR) is 68.7 cm³/mol. The highest BCUT2D eigenvalue weighted by Crippen LogP contribution is 2.19. The monoisotopic (exact) mass is 281 g/mol. The molecule has 0 bridgehead atoms. The standard InChI is InChI=1S/C10H11N5O3S/c1-6-4-14(13-9(6)15(17)18)5-7-2-3-8(19-7)10(16)12-11/h2-4H,5,11H2,1H3,(H,12,16). The zero-order chi connectivity index (χ0) is 14.0. The average molecular weight is 281 g/mol. The summed E-state index contributed by atoms with van der Waals surface area (Å²) in [6.45, 7) is 2.00. The molecule has 0 aromatic carbocycles. The van der Waals surface area contributed by atoms with E-state index in [0.717, 1.165) is 4.88 Å². The molecule has 8 nitrogen and oxygen atoms in total. The molecule has 0 unspecified atom stereocenters. The van der Waals surface area contributed by atoms with Gasteiger partial charge in [0, 0.05) is 4.88 Å². The topological polar surface area (TPSA) is 116 Å². The molecule has 0 fully saturated rings. The van der Waals surface area contributed by atoms with Crippen LogP contribution in [0.1, 0.15) is 20.1 Å². The van der Waals surface area contributed by atoms with Crippen LogP contribution in [0.3, 0.4) is 0 Å². The van der Waals surface area contributed by atoms with Crippen molar-refractivity contribution in [1.29, 1.82) is 0 Å². The maximum absolute atomic E-state index is 11.3. The van der Waals surface area contributed by atoms with Crippen LogP contribution in [-0.4, -0.2) is 20.6 Å². The Morgan fingerprint density at radius 2 is 2.37 bits per heavy atom. The van der Waals surface area contributed by atoms with Crippen LogP contribution in [0.25, 0.3) is 0 Å². The minimum atomic E-state index is -0.520. The van der Waals surface area contributed by atoms with E-state index in [2.05, 4.69) is 5.10 Å². The summed E-state index contributed by atoms with van der Waals surface area (Å²) in [6.07, 6.45) is 1.60. The summed E-state index contributed by atoms with van der Waals surface area (Å²) in [6, 6.07) is 3.41. The number of nitrogens with one attached hydrogen (secondary N) is 1. The smallest absolute Gasteiger partial charge is 0.358 e. The molecule has 0 aliphatic rings. The Labute approximate surface area is 112 Å².